The van der Waals surface area contributed by atoms with Crippen molar-refractivity contribution in [3.05, 3.63) is 40.2 Å². The van der Waals surface area contributed by atoms with Crippen LogP contribution in [0, 0.1) is 6.92 Å². The van der Waals surface area contributed by atoms with Gasteiger partial charge in [0.15, 0.2) is 0 Å². The van der Waals surface area contributed by atoms with Crippen LogP contribution in [-0.2, 0) is 0 Å². The second-order valence-electron chi connectivity index (χ2n) is 2.83. The van der Waals surface area contributed by atoms with Gasteiger partial charge in [-0.15, -0.1) is 0 Å². The van der Waals surface area contributed by atoms with E-state index in [1.54, 1.807) is 0 Å². The average molecular weight is 210 g/mol. The van der Waals surface area contributed by atoms with Crippen LogP contribution in [0.3, 0.4) is 0 Å². The Morgan fingerprint density at radius 3 is 2.46 bits per heavy atom. The molecule has 0 spiro atoms. The Kier molecular flexibility index (Phi) is 2.34. The maximum Gasteiger partial charge on any atom is 0.0843 e. The summed E-state index contributed by atoms with van der Waals surface area (Å²) in [6.07, 6.45) is 0. The van der Waals surface area contributed by atoms with Crippen molar-refractivity contribution < 1.29 is 0 Å². The second-order valence-corrected chi connectivity index (χ2v) is 4.28. The standard InChI is InChI=1S/C10H8ClNS/c1-7-6-10(12-13-7)8-2-4-9(11)5-3-8/h2-6H,1H3. The third-order valence-electron chi connectivity index (χ3n) is 1.77. The van der Waals surface area contributed by atoms with Gasteiger partial charge in [0.2, 0.25) is 0 Å². The largest absolute Gasteiger partial charge is 0.192 e. The van der Waals surface area contributed by atoms with Crippen LogP contribution in [0.15, 0.2) is 30.3 Å². The molecule has 1 aromatic carbocycles. The molecule has 13 heavy (non-hydrogen) atoms. The van der Waals surface area contributed by atoms with Gasteiger partial charge >= 0.3 is 0 Å². The number of benzene rings is 1. The molecule has 0 bridgehead atoms. The minimum absolute atomic E-state index is 0.760. The lowest BCUT2D eigenvalue weighted by atomic mass is 10.1. The van der Waals surface area contributed by atoms with Gasteiger partial charge < -0.3 is 0 Å². The predicted octanol–water partition coefficient (Wildman–Crippen LogP) is 3.77. The van der Waals surface area contributed by atoms with Crippen molar-refractivity contribution in [2.45, 2.75) is 6.92 Å². The summed E-state index contributed by atoms with van der Waals surface area (Å²) in [6.45, 7) is 2.05. The SMILES string of the molecule is Cc1cc(-c2ccc(Cl)cc2)ns1. The van der Waals surface area contributed by atoms with E-state index in [9.17, 15) is 0 Å². The Bertz CT molecular complexity index is 405. The van der Waals surface area contributed by atoms with Crippen molar-refractivity contribution in [3.8, 4) is 11.3 Å². The van der Waals surface area contributed by atoms with E-state index in [0.717, 1.165) is 16.3 Å². The monoisotopic (exact) mass is 209 g/mol. The molecule has 0 aliphatic rings. The fourth-order valence-electron chi connectivity index (χ4n) is 1.12. The van der Waals surface area contributed by atoms with Gasteiger partial charge in [0.25, 0.3) is 0 Å². The fourth-order valence-corrected chi connectivity index (χ4v) is 1.81. The van der Waals surface area contributed by atoms with Crippen molar-refractivity contribution in [1.82, 2.24) is 4.37 Å². The number of rotatable bonds is 1. The minimum atomic E-state index is 0.760. The van der Waals surface area contributed by atoms with Gasteiger partial charge in [-0.25, -0.2) is 0 Å². The van der Waals surface area contributed by atoms with E-state index < -0.39 is 0 Å². The van der Waals surface area contributed by atoms with E-state index in [4.69, 9.17) is 11.6 Å². The summed E-state index contributed by atoms with van der Waals surface area (Å²) >= 11 is 7.31. The number of aryl methyl sites for hydroxylation is 1. The first kappa shape index (κ1) is 8.73. The molecule has 1 heterocycles. The van der Waals surface area contributed by atoms with E-state index in [1.807, 2.05) is 24.3 Å². The van der Waals surface area contributed by atoms with Crippen LogP contribution in [0.4, 0.5) is 0 Å². The highest BCUT2D eigenvalue weighted by Crippen LogP contribution is 2.22. The van der Waals surface area contributed by atoms with Crippen LogP contribution in [0.1, 0.15) is 4.88 Å². The number of hydrogen-bond donors (Lipinski definition) is 0. The summed E-state index contributed by atoms with van der Waals surface area (Å²) in [7, 11) is 0. The lowest BCUT2D eigenvalue weighted by Crippen LogP contribution is -1.74. The Morgan fingerprint density at radius 1 is 1.23 bits per heavy atom. The van der Waals surface area contributed by atoms with Crippen LogP contribution in [0.5, 0.6) is 0 Å². The summed E-state index contributed by atoms with van der Waals surface area (Å²) in [5.41, 5.74) is 2.15. The summed E-state index contributed by atoms with van der Waals surface area (Å²) in [4.78, 5) is 1.23. The molecule has 0 atom stereocenters. The van der Waals surface area contributed by atoms with E-state index in [0.29, 0.717) is 0 Å². The molecule has 0 saturated heterocycles. The first-order chi connectivity index (χ1) is 6.25. The van der Waals surface area contributed by atoms with Crippen molar-refractivity contribution in [2.75, 3.05) is 0 Å². The van der Waals surface area contributed by atoms with E-state index >= 15 is 0 Å². The Labute approximate surface area is 86.2 Å². The average Bonchev–Trinajstić information content (AvgIpc) is 2.53. The summed E-state index contributed by atoms with van der Waals surface area (Å²) in [5.74, 6) is 0. The Balaban J connectivity index is 2.41. The Morgan fingerprint density at radius 2 is 1.92 bits per heavy atom. The highest BCUT2D eigenvalue weighted by molar-refractivity contribution is 7.05. The third kappa shape index (κ3) is 1.90. The van der Waals surface area contributed by atoms with Gasteiger partial charge in [0.05, 0.1) is 5.69 Å². The molecule has 1 nitrogen and oxygen atoms in total. The van der Waals surface area contributed by atoms with Gasteiger partial charge in [-0.2, -0.15) is 4.37 Å². The molecule has 66 valence electrons. The lowest BCUT2D eigenvalue weighted by molar-refractivity contribution is 1.51. The molecule has 2 rings (SSSR count). The third-order valence-corrected chi connectivity index (χ3v) is 2.71. The molecule has 0 unspecified atom stereocenters. The normalized spacial score (nSPS) is 10.3. The number of hydrogen-bond acceptors (Lipinski definition) is 2. The zero-order valence-electron chi connectivity index (χ0n) is 7.12. The molecule has 3 heteroatoms. The maximum absolute atomic E-state index is 5.79. The molecule has 0 aliphatic carbocycles. The molecule has 0 radical (unpaired) electrons. The second kappa shape index (κ2) is 3.48. The van der Waals surface area contributed by atoms with Crippen molar-refractivity contribution >= 4 is 23.1 Å². The molecule has 1 aromatic heterocycles. The van der Waals surface area contributed by atoms with Crippen molar-refractivity contribution in [2.24, 2.45) is 0 Å². The number of nitrogens with zero attached hydrogens (tertiary/aromatic N) is 1. The number of halogens is 1. The predicted molar refractivity (Wildman–Crippen MR) is 57.3 cm³/mol. The fraction of sp³-hybridized carbons (Fsp3) is 0.100. The molecular weight excluding hydrogens is 202 g/mol. The highest BCUT2D eigenvalue weighted by atomic mass is 35.5. The van der Waals surface area contributed by atoms with E-state index in [1.165, 1.54) is 16.4 Å². The quantitative estimate of drug-likeness (QED) is 0.697. The van der Waals surface area contributed by atoms with E-state index in [-0.39, 0.29) is 0 Å². The van der Waals surface area contributed by atoms with Gasteiger partial charge in [0, 0.05) is 15.5 Å². The molecule has 0 fully saturated rings. The van der Waals surface area contributed by atoms with Crippen LogP contribution in [0.2, 0.25) is 5.02 Å². The molecular formula is C10H8ClNS. The van der Waals surface area contributed by atoms with Gasteiger partial charge in [-0.3, -0.25) is 0 Å². The zero-order valence-corrected chi connectivity index (χ0v) is 8.69. The van der Waals surface area contributed by atoms with Crippen LogP contribution < -0.4 is 0 Å². The van der Waals surface area contributed by atoms with Crippen molar-refractivity contribution in [3.63, 3.8) is 0 Å². The van der Waals surface area contributed by atoms with Crippen LogP contribution in [0.25, 0.3) is 11.3 Å². The summed E-state index contributed by atoms with van der Waals surface area (Å²) in [6, 6.07) is 9.80. The summed E-state index contributed by atoms with van der Waals surface area (Å²) in [5, 5.41) is 0.760. The van der Waals surface area contributed by atoms with Crippen molar-refractivity contribution in [1.29, 1.82) is 0 Å². The van der Waals surface area contributed by atoms with Crippen LogP contribution in [-0.4, -0.2) is 4.37 Å². The minimum Gasteiger partial charge on any atom is -0.192 e. The Hall–Kier alpha value is -0.860. The topological polar surface area (TPSA) is 12.9 Å². The maximum atomic E-state index is 5.79. The first-order valence-corrected chi connectivity index (χ1v) is 5.10. The van der Waals surface area contributed by atoms with Gasteiger partial charge in [0.1, 0.15) is 0 Å². The number of aromatic nitrogens is 1. The zero-order chi connectivity index (χ0) is 9.26. The van der Waals surface area contributed by atoms with Gasteiger partial charge in [-0.1, -0.05) is 23.7 Å². The molecule has 2 aromatic rings. The van der Waals surface area contributed by atoms with Crippen LogP contribution >= 0.6 is 23.1 Å². The molecule has 0 amide bonds. The van der Waals surface area contributed by atoms with E-state index in [2.05, 4.69) is 17.4 Å². The first-order valence-electron chi connectivity index (χ1n) is 3.95. The molecule has 0 N–H and O–H groups in total. The van der Waals surface area contributed by atoms with Gasteiger partial charge in [-0.05, 0) is 36.7 Å². The summed E-state index contributed by atoms with van der Waals surface area (Å²) < 4.78 is 4.31. The molecule has 0 saturated carbocycles. The smallest absolute Gasteiger partial charge is 0.0843 e. The lowest BCUT2D eigenvalue weighted by Gasteiger charge is -1.94. The molecule has 0 aliphatic heterocycles. The highest BCUT2D eigenvalue weighted by Gasteiger charge is 2.00.